The van der Waals surface area contributed by atoms with Crippen LogP contribution in [0.25, 0.3) is 0 Å². The minimum absolute atomic E-state index is 0.0605. The Labute approximate surface area is 140 Å². The number of hydrogen-bond acceptors (Lipinski definition) is 5. The molecule has 0 aromatic carbocycles. The number of ether oxygens (including phenoxy) is 1. The van der Waals surface area contributed by atoms with E-state index in [4.69, 9.17) is 4.74 Å². The summed E-state index contributed by atoms with van der Waals surface area (Å²) < 4.78 is 32.7. The maximum Gasteiger partial charge on any atom is 0.253 e. The van der Waals surface area contributed by atoms with Gasteiger partial charge in [0.15, 0.2) is 0 Å². The van der Waals surface area contributed by atoms with Gasteiger partial charge in [-0.05, 0) is 44.7 Å². The molecule has 2 fully saturated rings. The van der Waals surface area contributed by atoms with E-state index in [9.17, 15) is 13.2 Å². The second-order valence-corrected chi connectivity index (χ2v) is 9.42. The highest BCUT2D eigenvalue weighted by molar-refractivity contribution is 7.91. The summed E-state index contributed by atoms with van der Waals surface area (Å²) in [5.74, 6) is -0.213. The van der Waals surface area contributed by atoms with Gasteiger partial charge < -0.3 is 10.1 Å². The number of amides is 1. The van der Waals surface area contributed by atoms with E-state index in [-0.39, 0.29) is 12.0 Å². The van der Waals surface area contributed by atoms with Crippen molar-refractivity contribution >= 4 is 27.3 Å². The Morgan fingerprint density at radius 2 is 2.22 bits per heavy atom. The number of rotatable bonds is 5. The number of sulfonamides is 1. The molecule has 6 nitrogen and oxygen atoms in total. The molecule has 0 aliphatic carbocycles. The van der Waals surface area contributed by atoms with Crippen LogP contribution in [-0.4, -0.2) is 50.5 Å². The summed E-state index contributed by atoms with van der Waals surface area (Å²) in [5, 5.41) is 2.86. The van der Waals surface area contributed by atoms with Gasteiger partial charge in [0.05, 0.1) is 6.10 Å². The van der Waals surface area contributed by atoms with Crippen LogP contribution in [0.4, 0.5) is 0 Å². The molecule has 23 heavy (non-hydrogen) atoms. The first-order valence-electron chi connectivity index (χ1n) is 7.96. The maximum absolute atomic E-state index is 12.8. The van der Waals surface area contributed by atoms with Crippen molar-refractivity contribution in [3.8, 4) is 0 Å². The van der Waals surface area contributed by atoms with Gasteiger partial charge in [-0.3, -0.25) is 4.79 Å². The van der Waals surface area contributed by atoms with Crippen LogP contribution in [-0.2, 0) is 19.6 Å². The van der Waals surface area contributed by atoms with Gasteiger partial charge in [-0.15, -0.1) is 11.3 Å². The predicted octanol–water partition coefficient (Wildman–Crippen LogP) is 1.50. The molecule has 1 aromatic rings. The lowest BCUT2D eigenvalue weighted by atomic mass is 10.2. The molecular weight excluding hydrogens is 336 g/mol. The summed E-state index contributed by atoms with van der Waals surface area (Å²) in [6.45, 7) is 3.47. The summed E-state index contributed by atoms with van der Waals surface area (Å²) in [7, 11) is -3.59. The average molecular weight is 358 g/mol. The lowest BCUT2D eigenvalue weighted by molar-refractivity contribution is -0.124. The van der Waals surface area contributed by atoms with Gasteiger partial charge in [-0.25, -0.2) is 8.42 Å². The molecule has 0 bridgehead atoms. The van der Waals surface area contributed by atoms with E-state index in [0.717, 1.165) is 24.3 Å². The third-order valence-corrected chi connectivity index (χ3v) is 7.69. The number of nitrogens with one attached hydrogen (secondary N) is 1. The second-order valence-electron chi connectivity index (χ2n) is 6.02. The summed E-state index contributed by atoms with van der Waals surface area (Å²) in [5.41, 5.74) is 0. The summed E-state index contributed by atoms with van der Waals surface area (Å²) in [6, 6.07) is 2.80. The van der Waals surface area contributed by atoms with Crippen LogP contribution < -0.4 is 5.32 Å². The second kappa shape index (κ2) is 6.88. The van der Waals surface area contributed by atoms with E-state index in [1.54, 1.807) is 12.1 Å². The van der Waals surface area contributed by atoms with Crippen molar-refractivity contribution in [2.24, 2.45) is 0 Å². The zero-order valence-electron chi connectivity index (χ0n) is 13.2. The third-order valence-electron chi connectivity index (χ3n) is 4.31. The van der Waals surface area contributed by atoms with Crippen LogP contribution in [0.15, 0.2) is 16.3 Å². The van der Waals surface area contributed by atoms with Crippen molar-refractivity contribution in [3.05, 3.63) is 17.0 Å². The highest BCUT2D eigenvalue weighted by atomic mass is 32.2. The highest BCUT2D eigenvalue weighted by Crippen LogP contribution is 2.30. The lowest BCUT2D eigenvalue weighted by Crippen LogP contribution is -2.47. The fraction of sp³-hybridized carbons (Fsp3) is 0.667. The molecule has 1 aromatic heterocycles. The van der Waals surface area contributed by atoms with Crippen molar-refractivity contribution in [2.75, 3.05) is 19.7 Å². The van der Waals surface area contributed by atoms with Crippen molar-refractivity contribution < 1.29 is 17.9 Å². The molecule has 0 spiro atoms. The molecule has 1 amide bonds. The van der Waals surface area contributed by atoms with E-state index in [2.05, 4.69) is 5.32 Å². The molecular formula is C15H22N2O4S2. The summed E-state index contributed by atoms with van der Waals surface area (Å²) in [4.78, 5) is 13.4. The van der Waals surface area contributed by atoms with E-state index in [0.29, 0.717) is 30.1 Å². The number of carbonyl (C=O) groups is 1. The third kappa shape index (κ3) is 3.60. The van der Waals surface area contributed by atoms with E-state index >= 15 is 0 Å². The maximum atomic E-state index is 12.8. The van der Waals surface area contributed by atoms with Gasteiger partial charge in [-0.2, -0.15) is 4.31 Å². The first-order chi connectivity index (χ1) is 11.0. The zero-order valence-corrected chi connectivity index (χ0v) is 14.8. The Morgan fingerprint density at radius 1 is 1.39 bits per heavy atom. The fourth-order valence-electron chi connectivity index (χ4n) is 3.09. The number of thiophene rings is 1. The molecule has 0 radical (unpaired) electrons. The summed E-state index contributed by atoms with van der Waals surface area (Å²) in [6.07, 6.45) is 3.30. The monoisotopic (exact) mass is 358 g/mol. The van der Waals surface area contributed by atoms with Gasteiger partial charge >= 0.3 is 0 Å². The smallest absolute Gasteiger partial charge is 0.253 e. The highest BCUT2D eigenvalue weighted by Gasteiger charge is 2.40. The topological polar surface area (TPSA) is 75.7 Å². The standard InChI is InChI=1S/C15H22N2O4S2/c1-11-6-7-14(22-11)23(19,20)17-8-2-5-13(17)15(18)16-10-12-4-3-9-21-12/h6-7,12-13H,2-5,8-10H2,1H3,(H,16,18). The van der Waals surface area contributed by atoms with E-state index < -0.39 is 16.1 Å². The molecule has 2 aliphatic heterocycles. The van der Waals surface area contributed by atoms with Gasteiger partial charge in [-0.1, -0.05) is 0 Å². The van der Waals surface area contributed by atoms with Gasteiger partial charge in [0.2, 0.25) is 5.91 Å². The fourth-order valence-corrected chi connectivity index (χ4v) is 6.16. The number of carbonyl (C=O) groups excluding carboxylic acids is 1. The quantitative estimate of drug-likeness (QED) is 0.866. The Balaban J connectivity index is 1.68. The number of nitrogens with zero attached hydrogens (tertiary/aromatic N) is 1. The normalized spacial score (nSPS) is 25.8. The molecule has 3 rings (SSSR count). The van der Waals surface area contributed by atoms with Crippen LogP contribution in [0.3, 0.4) is 0 Å². The first kappa shape index (κ1) is 16.9. The molecule has 2 unspecified atom stereocenters. The number of aryl methyl sites for hydroxylation is 1. The van der Waals surface area contributed by atoms with Gasteiger partial charge in [0.1, 0.15) is 10.3 Å². The van der Waals surface area contributed by atoms with Gasteiger partial charge in [0, 0.05) is 24.6 Å². The van der Waals surface area contributed by atoms with Crippen LogP contribution >= 0.6 is 11.3 Å². The van der Waals surface area contributed by atoms with Crippen molar-refractivity contribution in [1.82, 2.24) is 9.62 Å². The lowest BCUT2D eigenvalue weighted by Gasteiger charge is -2.23. The molecule has 3 heterocycles. The SMILES string of the molecule is Cc1ccc(S(=O)(=O)N2CCCC2C(=O)NCC2CCCO2)s1. The van der Waals surface area contributed by atoms with Crippen molar-refractivity contribution in [3.63, 3.8) is 0 Å². The van der Waals surface area contributed by atoms with E-state index in [1.165, 1.54) is 15.6 Å². The first-order valence-corrected chi connectivity index (χ1v) is 10.2. The molecule has 8 heteroatoms. The Morgan fingerprint density at radius 3 is 2.87 bits per heavy atom. The largest absolute Gasteiger partial charge is 0.376 e. The van der Waals surface area contributed by atoms with Crippen LogP contribution in [0.2, 0.25) is 0 Å². The molecule has 1 N–H and O–H groups in total. The van der Waals surface area contributed by atoms with Crippen molar-refractivity contribution in [2.45, 2.75) is 49.0 Å². The predicted molar refractivity (Wildman–Crippen MR) is 88.0 cm³/mol. The molecule has 128 valence electrons. The van der Waals surface area contributed by atoms with Crippen LogP contribution in [0.5, 0.6) is 0 Å². The summed E-state index contributed by atoms with van der Waals surface area (Å²) >= 11 is 1.25. The molecule has 2 aliphatic rings. The van der Waals surface area contributed by atoms with Crippen LogP contribution in [0.1, 0.15) is 30.6 Å². The van der Waals surface area contributed by atoms with Gasteiger partial charge in [0.25, 0.3) is 10.0 Å². The average Bonchev–Trinajstić information content (AvgIpc) is 3.25. The molecule has 2 saturated heterocycles. The Kier molecular flexibility index (Phi) is 5.05. The Hall–Kier alpha value is -0.960. The van der Waals surface area contributed by atoms with Crippen molar-refractivity contribution in [1.29, 1.82) is 0 Å². The molecule has 0 saturated carbocycles. The van der Waals surface area contributed by atoms with E-state index in [1.807, 2.05) is 6.92 Å². The minimum atomic E-state index is -3.59. The number of hydrogen-bond donors (Lipinski definition) is 1. The minimum Gasteiger partial charge on any atom is -0.376 e. The van der Waals surface area contributed by atoms with Crippen LogP contribution in [0, 0.1) is 6.92 Å². The Bertz CT molecular complexity index is 665. The zero-order chi connectivity index (χ0) is 16.4. The molecule has 2 atom stereocenters.